The van der Waals surface area contributed by atoms with Crippen LogP contribution in [0.1, 0.15) is 22.3 Å². The van der Waals surface area contributed by atoms with Crippen molar-refractivity contribution < 1.29 is 0 Å². The Hall–Kier alpha value is -7.74. The molecule has 0 heterocycles. The van der Waals surface area contributed by atoms with Gasteiger partial charge in [0.25, 0.3) is 0 Å². The van der Waals surface area contributed by atoms with Crippen LogP contribution in [-0.4, -0.2) is 0 Å². The topological polar surface area (TPSA) is 3.24 Å². The first-order chi connectivity index (χ1) is 29.8. The lowest BCUT2D eigenvalue weighted by Gasteiger charge is -2.35. The van der Waals surface area contributed by atoms with Gasteiger partial charge in [0.2, 0.25) is 0 Å². The average molecular weight is 764 g/mol. The molecule has 0 unspecified atom stereocenters. The average Bonchev–Trinajstić information content (AvgIpc) is 3.65. The van der Waals surface area contributed by atoms with E-state index in [0.29, 0.717) is 0 Å². The van der Waals surface area contributed by atoms with Crippen LogP contribution < -0.4 is 4.90 Å². The van der Waals surface area contributed by atoms with Gasteiger partial charge in [0.15, 0.2) is 0 Å². The Morgan fingerprint density at radius 3 is 1.23 bits per heavy atom. The molecule has 0 atom stereocenters. The van der Waals surface area contributed by atoms with Gasteiger partial charge < -0.3 is 4.90 Å². The Morgan fingerprint density at radius 1 is 0.300 bits per heavy atom. The van der Waals surface area contributed by atoms with Crippen molar-refractivity contribution in [2.75, 3.05) is 4.90 Å². The third kappa shape index (κ3) is 5.86. The van der Waals surface area contributed by atoms with Crippen LogP contribution in [0.2, 0.25) is 0 Å². The molecular weight excluding hydrogens is 723 g/mol. The van der Waals surface area contributed by atoms with Crippen LogP contribution in [-0.2, 0) is 5.41 Å². The van der Waals surface area contributed by atoms with Gasteiger partial charge in [-0.3, -0.25) is 0 Å². The second kappa shape index (κ2) is 14.9. The van der Waals surface area contributed by atoms with Crippen LogP contribution >= 0.6 is 0 Å². The lowest BCUT2D eigenvalue weighted by molar-refractivity contribution is 0.775. The van der Waals surface area contributed by atoms with E-state index in [1.807, 2.05) is 0 Å². The second-order valence-corrected chi connectivity index (χ2v) is 15.6. The van der Waals surface area contributed by atoms with Crippen molar-refractivity contribution in [1.82, 2.24) is 0 Å². The third-order valence-electron chi connectivity index (χ3n) is 12.3. The molecule has 10 aromatic rings. The number of anilines is 3. The number of fused-ring (bicyclic) bond motifs is 5. The SMILES string of the molecule is c1ccc(-c2ccc(N(c3ccc(-c4ccccc4)cc3)c3ccc4c5c(c(-c6ccccc6)cc4c3)-c3ccccc3C5(c3ccccc3)c3ccccc3)cc2)cc1. The molecule has 60 heavy (non-hydrogen) atoms. The first kappa shape index (κ1) is 35.4. The highest BCUT2D eigenvalue weighted by molar-refractivity contribution is 6.07. The maximum atomic E-state index is 2.44. The molecule has 0 aromatic heterocycles. The molecule has 282 valence electrons. The Balaban J connectivity index is 1.18. The van der Waals surface area contributed by atoms with Gasteiger partial charge in [-0.05, 0) is 120 Å². The molecule has 0 radical (unpaired) electrons. The number of benzene rings is 10. The predicted molar refractivity (Wildman–Crippen MR) is 252 cm³/mol. The van der Waals surface area contributed by atoms with Gasteiger partial charge in [-0.15, -0.1) is 0 Å². The van der Waals surface area contributed by atoms with Crippen LogP contribution in [0, 0.1) is 0 Å². The van der Waals surface area contributed by atoms with Gasteiger partial charge in [0, 0.05) is 17.1 Å². The molecule has 1 aliphatic rings. The van der Waals surface area contributed by atoms with Crippen LogP contribution in [0.4, 0.5) is 17.1 Å². The summed E-state index contributed by atoms with van der Waals surface area (Å²) in [6.07, 6.45) is 0. The Labute approximate surface area is 352 Å². The van der Waals surface area contributed by atoms with E-state index in [0.717, 1.165) is 17.1 Å². The van der Waals surface area contributed by atoms with E-state index in [1.165, 1.54) is 77.5 Å². The van der Waals surface area contributed by atoms with E-state index in [9.17, 15) is 0 Å². The molecule has 0 N–H and O–H groups in total. The van der Waals surface area contributed by atoms with Gasteiger partial charge in [-0.1, -0.05) is 206 Å². The van der Waals surface area contributed by atoms with Gasteiger partial charge in [-0.25, -0.2) is 0 Å². The monoisotopic (exact) mass is 763 g/mol. The van der Waals surface area contributed by atoms with Crippen molar-refractivity contribution in [2.45, 2.75) is 5.41 Å². The lowest BCUT2D eigenvalue weighted by Crippen LogP contribution is -2.28. The fourth-order valence-electron chi connectivity index (χ4n) is 9.67. The maximum absolute atomic E-state index is 2.44. The van der Waals surface area contributed by atoms with Crippen LogP contribution in [0.5, 0.6) is 0 Å². The Bertz CT molecular complexity index is 2960. The van der Waals surface area contributed by atoms with E-state index in [1.54, 1.807) is 0 Å². The highest BCUT2D eigenvalue weighted by Gasteiger charge is 2.48. The van der Waals surface area contributed by atoms with Crippen molar-refractivity contribution in [3.8, 4) is 44.5 Å². The quantitative estimate of drug-likeness (QED) is 0.149. The first-order valence-corrected chi connectivity index (χ1v) is 20.8. The maximum Gasteiger partial charge on any atom is 0.0719 e. The summed E-state index contributed by atoms with van der Waals surface area (Å²) >= 11 is 0. The Kier molecular flexibility index (Phi) is 8.79. The van der Waals surface area contributed by atoms with E-state index in [2.05, 4.69) is 254 Å². The van der Waals surface area contributed by atoms with Crippen molar-refractivity contribution in [3.05, 3.63) is 271 Å². The summed E-state index contributed by atoms with van der Waals surface area (Å²) in [5.74, 6) is 0. The molecule has 1 heteroatoms. The molecule has 0 saturated heterocycles. The predicted octanol–water partition coefficient (Wildman–Crippen LogP) is 15.7. The highest BCUT2D eigenvalue weighted by Crippen LogP contribution is 2.60. The number of hydrogen-bond acceptors (Lipinski definition) is 1. The summed E-state index contributed by atoms with van der Waals surface area (Å²) < 4.78 is 0. The molecule has 0 fully saturated rings. The zero-order chi connectivity index (χ0) is 39.9. The van der Waals surface area contributed by atoms with Gasteiger partial charge >= 0.3 is 0 Å². The molecule has 1 nitrogen and oxygen atoms in total. The summed E-state index contributed by atoms with van der Waals surface area (Å²) in [5.41, 5.74) is 17.7. The van der Waals surface area contributed by atoms with E-state index >= 15 is 0 Å². The molecule has 0 saturated carbocycles. The zero-order valence-electron chi connectivity index (χ0n) is 33.1. The summed E-state index contributed by atoms with van der Waals surface area (Å²) in [6.45, 7) is 0. The van der Waals surface area contributed by atoms with Crippen LogP contribution in [0.3, 0.4) is 0 Å². The standard InChI is InChI=1S/C59H41N/c1-6-18-42(19-7-1)44-30-34-50(35-31-44)60(51-36-32-45(33-37-51)43-20-8-2-9-21-43)52-38-39-53-47(40-52)41-55(46-22-10-3-11-23-46)57-54-28-16-17-29-56(54)59(58(53)57,48-24-12-4-13-25-48)49-26-14-5-15-27-49/h1-41H. The summed E-state index contributed by atoms with van der Waals surface area (Å²) in [5, 5.41) is 2.44. The molecule has 0 spiro atoms. The van der Waals surface area contributed by atoms with Crippen molar-refractivity contribution >= 4 is 27.8 Å². The van der Waals surface area contributed by atoms with Gasteiger partial charge in [-0.2, -0.15) is 0 Å². The number of nitrogens with zero attached hydrogens (tertiary/aromatic N) is 1. The van der Waals surface area contributed by atoms with Crippen molar-refractivity contribution in [3.63, 3.8) is 0 Å². The normalized spacial score (nSPS) is 12.5. The van der Waals surface area contributed by atoms with E-state index in [-0.39, 0.29) is 0 Å². The van der Waals surface area contributed by atoms with Gasteiger partial charge in [0.05, 0.1) is 5.41 Å². The van der Waals surface area contributed by atoms with Crippen LogP contribution in [0.25, 0.3) is 55.3 Å². The molecule has 1 aliphatic carbocycles. The number of rotatable bonds is 8. The number of hydrogen-bond donors (Lipinski definition) is 0. The smallest absolute Gasteiger partial charge is 0.0719 e. The minimum Gasteiger partial charge on any atom is -0.310 e. The molecule has 10 aromatic carbocycles. The minimum atomic E-state index is -0.542. The van der Waals surface area contributed by atoms with E-state index < -0.39 is 5.41 Å². The molecular formula is C59H41N. The van der Waals surface area contributed by atoms with Crippen LogP contribution in [0.15, 0.2) is 249 Å². The zero-order valence-corrected chi connectivity index (χ0v) is 33.1. The fourth-order valence-corrected chi connectivity index (χ4v) is 9.67. The largest absolute Gasteiger partial charge is 0.310 e. The molecule has 11 rings (SSSR count). The minimum absolute atomic E-state index is 0.542. The summed E-state index contributed by atoms with van der Waals surface area (Å²) in [6, 6.07) is 91.0. The molecule has 0 bridgehead atoms. The van der Waals surface area contributed by atoms with Crippen molar-refractivity contribution in [2.24, 2.45) is 0 Å². The Morgan fingerprint density at radius 2 is 0.717 bits per heavy atom. The first-order valence-electron chi connectivity index (χ1n) is 20.8. The van der Waals surface area contributed by atoms with Gasteiger partial charge in [0.1, 0.15) is 0 Å². The lowest BCUT2D eigenvalue weighted by atomic mass is 9.66. The third-order valence-corrected chi connectivity index (χ3v) is 12.3. The van der Waals surface area contributed by atoms with Crippen molar-refractivity contribution in [1.29, 1.82) is 0 Å². The van der Waals surface area contributed by atoms with E-state index in [4.69, 9.17) is 0 Å². The second-order valence-electron chi connectivity index (χ2n) is 15.6. The highest BCUT2D eigenvalue weighted by atomic mass is 15.1. The fraction of sp³-hybridized carbons (Fsp3) is 0.0169. The summed E-state index contributed by atoms with van der Waals surface area (Å²) in [4.78, 5) is 2.40. The summed E-state index contributed by atoms with van der Waals surface area (Å²) in [7, 11) is 0. The molecule has 0 amide bonds. The molecule has 0 aliphatic heterocycles.